The first-order valence-corrected chi connectivity index (χ1v) is 7.91. The Morgan fingerprint density at radius 3 is 2.37 bits per heavy atom. The fraction of sp³-hybridized carbons (Fsp3) is 0.462. The highest BCUT2D eigenvalue weighted by Gasteiger charge is 2.49. The smallest absolute Gasteiger partial charge is 0.314 e. The van der Waals surface area contributed by atoms with Crippen molar-refractivity contribution < 1.29 is 18.4 Å². The molecular formula is C13H18NO4P. The lowest BCUT2D eigenvalue weighted by Crippen LogP contribution is -2.24. The minimum atomic E-state index is -3.48. The van der Waals surface area contributed by atoms with Gasteiger partial charge in [-0.15, -0.1) is 0 Å². The highest BCUT2D eigenvalue weighted by Crippen LogP contribution is 2.64. The molecule has 0 N–H and O–H groups in total. The van der Waals surface area contributed by atoms with Gasteiger partial charge in [0.2, 0.25) is 5.91 Å². The molecule has 19 heavy (non-hydrogen) atoms. The third kappa shape index (κ3) is 2.34. The van der Waals surface area contributed by atoms with Crippen molar-refractivity contribution in [2.24, 2.45) is 0 Å². The summed E-state index contributed by atoms with van der Waals surface area (Å²) in [4.78, 5) is 13.9. The molecule has 0 aromatic heterocycles. The second-order valence-corrected chi connectivity index (χ2v) is 6.35. The van der Waals surface area contributed by atoms with Crippen LogP contribution in [-0.4, -0.2) is 26.2 Å². The van der Waals surface area contributed by atoms with Crippen LogP contribution in [0.5, 0.6) is 0 Å². The number of anilines is 1. The SMILES string of the molecule is CCOP(=O)(OCC)C1C(=O)N(C)c2ccccc21. The molecule has 1 aliphatic rings. The highest BCUT2D eigenvalue weighted by molar-refractivity contribution is 7.55. The van der Waals surface area contributed by atoms with Crippen LogP contribution in [0.3, 0.4) is 0 Å². The first-order chi connectivity index (χ1) is 9.05. The van der Waals surface area contributed by atoms with Crippen LogP contribution in [0.25, 0.3) is 0 Å². The maximum Gasteiger partial charge on any atom is 0.347 e. The molecule has 0 spiro atoms. The first kappa shape index (κ1) is 14.3. The maximum atomic E-state index is 12.8. The molecule has 1 aromatic carbocycles. The number of hydrogen-bond acceptors (Lipinski definition) is 4. The molecule has 1 heterocycles. The van der Waals surface area contributed by atoms with E-state index in [-0.39, 0.29) is 19.1 Å². The van der Waals surface area contributed by atoms with E-state index in [0.717, 1.165) is 5.69 Å². The quantitative estimate of drug-likeness (QED) is 0.779. The molecule has 0 saturated carbocycles. The largest absolute Gasteiger partial charge is 0.347 e. The molecule has 1 aliphatic heterocycles. The van der Waals surface area contributed by atoms with Crippen molar-refractivity contribution in [2.45, 2.75) is 19.5 Å². The van der Waals surface area contributed by atoms with E-state index in [1.165, 1.54) is 4.90 Å². The van der Waals surface area contributed by atoms with Crippen molar-refractivity contribution in [3.8, 4) is 0 Å². The maximum absolute atomic E-state index is 12.8. The molecule has 6 heteroatoms. The van der Waals surface area contributed by atoms with Crippen molar-refractivity contribution in [1.29, 1.82) is 0 Å². The summed E-state index contributed by atoms with van der Waals surface area (Å²) in [5.74, 6) is -0.244. The molecule has 1 aromatic rings. The van der Waals surface area contributed by atoms with Crippen LogP contribution in [-0.2, 0) is 18.4 Å². The zero-order valence-corrected chi connectivity index (χ0v) is 12.2. The summed E-state index contributed by atoms with van der Waals surface area (Å²) in [7, 11) is -1.81. The molecule has 0 fully saturated rings. The number of carbonyl (C=O) groups is 1. The van der Waals surface area contributed by atoms with Crippen molar-refractivity contribution in [3.63, 3.8) is 0 Å². The van der Waals surface area contributed by atoms with Gasteiger partial charge in [-0.2, -0.15) is 0 Å². The van der Waals surface area contributed by atoms with Gasteiger partial charge in [0, 0.05) is 18.3 Å². The molecule has 1 amide bonds. The third-order valence-corrected chi connectivity index (χ3v) is 5.46. The van der Waals surface area contributed by atoms with E-state index in [9.17, 15) is 9.36 Å². The van der Waals surface area contributed by atoms with E-state index in [4.69, 9.17) is 9.05 Å². The highest BCUT2D eigenvalue weighted by atomic mass is 31.2. The monoisotopic (exact) mass is 283 g/mol. The lowest BCUT2D eigenvalue weighted by Gasteiger charge is -2.22. The fourth-order valence-electron chi connectivity index (χ4n) is 2.31. The number of nitrogens with zero attached hydrogens (tertiary/aromatic N) is 1. The first-order valence-electron chi connectivity index (χ1n) is 6.30. The number of fused-ring (bicyclic) bond motifs is 1. The fourth-order valence-corrected chi connectivity index (χ4v) is 4.41. The van der Waals surface area contributed by atoms with Gasteiger partial charge in [0.05, 0.1) is 13.2 Å². The predicted molar refractivity (Wildman–Crippen MR) is 73.5 cm³/mol. The Morgan fingerprint density at radius 2 is 1.79 bits per heavy atom. The van der Waals surface area contributed by atoms with Gasteiger partial charge in [-0.25, -0.2) is 0 Å². The molecule has 5 nitrogen and oxygen atoms in total. The number of benzene rings is 1. The van der Waals surface area contributed by atoms with Crippen molar-refractivity contribution in [1.82, 2.24) is 0 Å². The molecule has 104 valence electrons. The van der Waals surface area contributed by atoms with E-state index in [0.29, 0.717) is 5.56 Å². The Balaban J connectivity index is 2.49. The minimum Gasteiger partial charge on any atom is -0.314 e. The van der Waals surface area contributed by atoms with E-state index in [1.807, 2.05) is 18.2 Å². The second kappa shape index (κ2) is 5.45. The predicted octanol–water partition coefficient (Wildman–Crippen LogP) is 2.97. The summed E-state index contributed by atoms with van der Waals surface area (Å²) in [5, 5.41) is 0. The van der Waals surface area contributed by atoms with Gasteiger partial charge in [-0.05, 0) is 19.9 Å². The van der Waals surface area contributed by atoms with E-state index < -0.39 is 13.3 Å². The van der Waals surface area contributed by atoms with Crippen LogP contribution in [0.1, 0.15) is 25.1 Å². The van der Waals surface area contributed by atoms with Crippen LogP contribution >= 0.6 is 7.60 Å². The van der Waals surface area contributed by atoms with Crippen LogP contribution in [0.4, 0.5) is 5.69 Å². The standard InChI is InChI=1S/C13H18NO4P/c1-4-17-19(16,18-5-2)12-10-8-6-7-9-11(10)14(3)13(12)15/h6-9,12H,4-5H2,1-3H3. The van der Waals surface area contributed by atoms with Gasteiger partial charge in [-0.3, -0.25) is 9.36 Å². The number of rotatable bonds is 5. The molecule has 0 saturated heterocycles. The van der Waals surface area contributed by atoms with Crippen LogP contribution in [0.15, 0.2) is 24.3 Å². The average Bonchev–Trinajstić information content (AvgIpc) is 2.64. The van der Waals surface area contributed by atoms with E-state index in [1.54, 1.807) is 27.0 Å². The molecule has 1 atom stereocenters. The topological polar surface area (TPSA) is 55.8 Å². The van der Waals surface area contributed by atoms with Crippen LogP contribution in [0, 0.1) is 0 Å². The van der Waals surface area contributed by atoms with Gasteiger partial charge < -0.3 is 13.9 Å². The lowest BCUT2D eigenvalue weighted by molar-refractivity contribution is -0.117. The van der Waals surface area contributed by atoms with E-state index >= 15 is 0 Å². The Bertz CT molecular complexity index is 521. The molecule has 0 bridgehead atoms. The zero-order chi connectivity index (χ0) is 14.0. The van der Waals surface area contributed by atoms with Gasteiger partial charge in [0.25, 0.3) is 0 Å². The Hall–Kier alpha value is -1.16. The molecule has 2 rings (SSSR count). The number of amides is 1. The minimum absolute atomic E-state index is 0.243. The number of hydrogen-bond donors (Lipinski definition) is 0. The number of carbonyl (C=O) groups excluding carboxylic acids is 1. The van der Waals surface area contributed by atoms with Crippen molar-refractivity contribution in [3.05, 3.63) is 29.8 Å². The Kier molecular flexibility index (Phi) is 4.09. The second-order valence-electron chi connectivity index (χ2n) is 4.23. The normalized spacial score (nSPS) is 18.8. The molecular weight excluding hydrogens is 265 g/mol. The van der Waals surface area contributed by atoms with Gasteiger partial charge in [0.1, 0.15) is 0 Å². The van der Waals surface area contributed by atoms with Gasteiger partial charge in [-0.1, -0.05) is 18.2 Å². The molecule has 1 unspecified atom stereocenters. The summed E-state index contributed by atoms with van der Waals surface area (Å²) >= 11 is 0. The molecule has 0 radical (unpaired) electrons. The summed E-state index contributed by atoms with van der Waals surface area (Å²) in [5.41, 5.74) is 0.617. The summed E-state index contributed by atoms with van der Waals surface area (Å²) in [6.45, 7) is 3.96. The zero-order valence-electron chi connectivity index (χ0n) is 11.3. The Labute approximate surface area is 113 Å². The summed E-state index contributed by atoms with van der Waals surface area (Å²) in [6, 6.07) is 7.29. The summed E-state index contributed by atoms with van der Waals surface area (Å²) < 4.78 is 23.5. The van der Waals surface area contributed by atoms with Crippen LogP contribution < -0.4 is 4.90 Å². The summed E-state index contributed by atoms with van der Waals surface area (Å²) in [6.07, 6.45) is 0. The number of para-hydroxylation sites is 1. The Morgan fingerprint density at radius 1 is 1.21 bits per heavy atom. The lowest BCUT2D eigenvalue weighted by atomic mass is 10.2. The van der Waals surface area contributed by atoms with Crippen molar-refractivity contribution in [2.75, 3.05) is 25.2 Å². The van der Waals surface area contributed by atoms with Crippen molar-refractivity contribution >= 4 is 19.2 Å². The van der Waals surface area contributed by atoms with Gasteiger partial charge >= 0.3 is 7.60 Å². The van der Waals surface area contributed by atoms with Crippen LogP contribution in [0.2, 0.25) is 0 Å². The van der Waals surface area contributed by atoms with Gasteiger partial charge in [0.15, 0.2) is 5.66 Å². The third-order valence-electron chi connectivity index (χ3n) is 3.09. The van der Waals surface area contributed by atoms with E-state index in [2.05, 4.69) is 0 Å². The molecule has 0 aliphatic carbocycles. The average molecular weight is 283 g/mol. The number of likely N-dealkylation sites (N-methyl/N-ethyl adjacent to an activating group) is 1.